The number of nitro benzene ring substituents is 1. The van der Waals surface area contributed by atoms with E-state index in [1.807, 2.05) is 0 Å². The van der Waals surface area contributed by atoms with Crippen molar-refractivity contribution >= 4 is 40.6 Å². The maximum atomic E-state index is 12.4. The molecule has 1 aliphatic heterocycles. The molecule has 0 spiro atoms. The average Bonchev–Trinajstić information content (AvgIpc) is 2.85. The third-order valence-electron chi connectivity index (χ3n) is 3.34. The third kappa shape index (κ3) is 4.56. The van der Waals surface area contributed by atoms with Crippen LogP contribution in [0.5, 0.6) is 11.5 Å². The van der Waals surface area contributed by atoms with Crippen molar-refractivity contribution in [2.24, 2.45) is 0 Å². The van der Waals surface area contributed by atoms with E-state index >= 15 is 0 Å². The van der Waals surface area contributed by atoms with E-state index in [0.29, 0.717) is 11.8 Å². The third-order valence-corrected chi connectivity index (χ3v) is 4.24. The molecule has 0 saturated carbocycles. The van der Waals surface area contributed by atoms with Crippen LogP contribution in [0.25, 0.3) is 6.08 Å². The lowest BCUT2D eigenvalue weighted by Gasteiger charge is -2.10. The number of thioether (sulfide) groups is 1. The molecule has 1 aromatic carbocycles. The van der Waals surface area contributed by atoms with Gasteiger partial charge in [0.15, 0.2) is 5.75 Å². The molecule has 27 heavy (non-hydrogen) atoms. The minimum absolute atomic E-state index is 0.0215. The number of esters is 1. The van der Waals surface area contributed by atoms with Gasteiger partial charge < -0.3 is 14.6 Å². The van der Waals surface area contributed by atoms with E-state index in [1.165, 1.54) is 12.1 Å². The van der Waals surface area contributed by atoms with E-state index in [2.05, 4.69) is 0 Å². The Hall–Kier alpha value is -3.08. The predicted molar refractivity (Wildman–Crippen MR) is 95.2 cm³/mol. The zero-order valence-electron chi connectivity index (χ0n) is 14.5. The molecule has 1 N–H and O–H groups in total. The average molecular weight is 396 g/mol. The fraction of sp³-hybridized carbons (Fsp3) is 0.312. The molecule has 1 heterocycles. The van der Waals surface area contributed by atoms with Gasteiger partial charge in [-0.2, -0.15) is 0 Å². The Labute approximate surface area is 157 Å². The SMILES string of the molecule is CCOC(=O)CN1C(=O)SC(=Cc2cc(OCC)c(O)c([N+](=O)[O-])c2)C1=O. The molecule has 10 nitrogen and oxygen atoms in total. The fourth-order valence-corrected chi connectivity index (χ4v) is 3.06. The van der Waals surface area contributed by atoms with Crippen molar-refractivity contribution in [1.82, 2.24) is 4.90 Å². The number of nitro groups is 1. The van der Waals surface area contributed by atoms with Crippen molar-refractivity contribution in [2.45, 2.75) is 13.8 Å². The fourth-order valence-electron chi connectivity index (χ4n) is 2.23. The largest absolute Gasteiger partial charge is 0.500 e. The van der Waals surface area contributed by atoms with Crippen LogP contribution >= 0.6 is 11.8 Å². The molecule has 0 aromatic heterocycles. The molecule has 144 valence electrons. The lowest BCUT2D eigenvalue weighted by atomic mass is 10.1. The maximum Gasteiger partial charge on any atom is 0.326 e. The van der Waals surface area contributed by atoms with Crippen molar-refractivity contribution < 1.29 is 33.9 Å². The Balaban J connectivity index is 2.35. The number of benzene rings is 1. The van der Waals surface area contributed by atoms with Gasteiger partial charge in [-0.15, -0.1) is 0 Å². The molecule has 0 radical (unpaired) electrons. The van der Waals surface area contributed by atoms with Crippen LogP contribution in [0, 0.1) is 10.1 Å². The summed E-state index contributed by atoms with van der Waals surface area (Å²) < 4.78 is 9.89. The Bertz CT molecular complexity index is 836. The predicted octanol–water partition coefficient (Wildman–Crippen LogP) is 2.30. The van der Waals surface area contributed by atoms with Crippen LogP contribution in [0.3, 0.4) is 0 Å². The summed E-state index contributed by atoms with van der Waals surface area (Å²) in [5.74, 6) is -2.19. The Kier molecular flexibility index (Phi) is 6.40. The van der Waals surface area contributed by atoms with Gasteiger partial charge >= 0.3 is 11.7 Å². The number of hydrogen-bond donors (Lipinski definition) is 1. The molecule has 11 heteroatoms. The van der Waals surface area contributed by atoms with Gasteiger partial charge in [0, 0.05) is 6.07 Å². The summed E-state index contributed by atoms with van der Waals surface area (Å²) in [5, 5.41) is 20.3. The summed E-state index contributed by atoms with van der Waals surface area (Å²) in [6.45, 7) is 2.99. The minimum atomic E-state index is -0.790. The molecule has 2 rings (SSSR count). The monoisotopic (exact) mass is 396 g/mol. The summed E-state index contributed by atoms with van der Waals surface area (Å²) >= 11 is 0.592. The van der Waals surface area contributed by atoms with Gasteiger partial charge in [0.1, 0.15) is 6.54 Å². The maximum absolute atomic E-state index is 12.4. The van der Waals surface area contributed by atoms with Gasteiger partial charge in [-0.05, 0) is 43.3 Å². The van der Waals surface area contributed by atoms with Crippen LogP contribution in [0.15, 0.2) is 17.0 Å². The number of phenolic OH excluding ortho intramolecular Hbond substituents is 1. The standard InChI is InChI=1S/C16H16N2O8S/c1-3-25-11-6-9(5-10(14(11)20)18(23)24)7-12-15(21)17(16(22)27-12)8-13(19)26-4-2/h5-7,20H,3-4,8H2,1-2H3. The highest BCUT2D eigenvalue weighted by Gasteiger charge is 2.36. The van der Waals surface area contributed by atoms with Crippen LogP contribution in [0.1, 0.15) is 19.4 Å². The topological polar surface area (TPSA) is 136 Å². The highest BCUT2D eigenvalue weighted by Crippen LogP contribution is 2.39. The molecular weight excluding hydrogens is 380 g/mol. The lowest BCUT2D eigenvalue weighted by molar-refractivity contribution is -0.386. The Morgan fingerprint density at radius 1 is 1.33 bits per heavy atom. The van der Waals surface area contributed by atoms with Crippen molar-refractivity contribution in [2.75, 3.05) is 19.8 Å². The number of amides is 2. The first-order valence-corrected chi connectivity index (χ1v) is 8.65. The van der Waals surface area contributed by atoms with Crippen LogP contribution in [-0.4, -0.2) is 51.8 Å². The molecule has 0 atom stereocenters. The van der Waals surface area contributed by atoms with E-state index in [9.17, 15) is 29.6 Å². The summed E-state index contributed by atoms with van der Waals surface area (Å²) in [6, 6.07) is 2.36. The summed E-state index contributed by atoms with van der Waals surface area (Å²) in [6.07, 6.45) is 1.25. The number of rotatable bonds is 7. The number of carbonyl (C=O) groups excluding carboxylic acids is 3. The second-order valence-corrected chi connectivity index (χ2v) is 6.14. The molecule has 1 aliphatic rings. The van der Waals surface area contributed by atoms with Gasteiger partial charge in [0.2, 0.25) is 5.75 Å². The minimum Gasteiger partial charge on any atom is -0.500 e. The second kappa shape index (κ2) is 8.54. The van der Waals surface area contributed by atoms with E-state index in [0.717, 1.165) is 11.0 Å². The van der Waals surface area contributed by atoms with Gasteiger partial charge in [0.25, 0.3) is 11.1 Å². The zero-order valence-corrected chi connectivity index (χ0v) is 15.3. The summed E-state index contributed by atoms with van der Waals surface area (Å²) in [4.78, 5) is 46.9. The van der Waals surface area contributed by atoms with Gasteiger partial charge in [-0.1, -0.05) is 0 Å². The zero-order chi connectivity index (χ0) is 20.1. The molecular formula is C16H16N2O8S. The normalized spacial score (nSPS) is 15.3. The number of nitrogens with zero attached hydrogens (tertiary/aromatic N) is 2. The van der Waals surface area contributed by atoms with E-state index in [1.54, 1.807) is 13.8 Å². The number of phenols is 1. The Morgan fingerprint density at radius 2 is 2.04 bits per heavy atom. The van der Waals surface area contributed by atoms with Crippen LogP contribution < -0.4 is 4.74 Å². The van der Waals surface area contributed by atoms with E-state index in [4.69, 9.17) is 9.47 Å². The number of imide groups is 1. The Morgan fingerprint density at radius 3 is 2.63 bits per heavy atom. The molecule has 1 saturated heterocycles. The first kappa shape index (κ1) is 20.2. The number of ether oxygens (including phenoxy) is 2. The summed E-state index contributed by atoms with van der Waals surface area (Å²) in [5.41, 5.74) is -0.414. The number of carbonyl (C=O) groups is 3. The van der Waals surface area contributed by atoms with Gasteiger partial charge in [-0.25, -0.2) is 0 Å². The van der Waals surface area contributed by atoms with Crippen molar-refractivity contribution in [3.05, 3.63) is 32.7 Å². The molecule has 0 unspecified atom stereocenters. The van der Waals surface area contributed by atoms with Crippen LogP contribution in [0.2, 0.25) is 0 Å². The van der Waals surface area contributed by atoms with Gasteiger partial charge in [-0.3, -0.25) is 29.4 Å². The highest BCUT2D eigenvalue weighted by atomic mass is 32.2. The quantitative estimate of drug-likeness (QED) is 0.318. The smallest absolute Gasteiger partial charge is 0.326 e. The van der Waals surface area contributed by atoms with Gasteiger partial charge in [0.05, 0.1) is 23.0 Å². The number of aromatic hydroxyl groups is 1. The molecule has 1 aromatic rings. The molecule has 0 bridgehead atoms. The van der Waals surface area contributed by atoms with Crippen LogP contribution in [-0.2, 0) is 14.3 Å². The van der Waals surface area contributed by atoms with Crippen molar-refractivity contribution in [3.8, 4) is 11.5 Å². The van der Waals surface area contributed by atoms with Crippen molar-refractivity contribution in [3.63, 3.8) is 0 Å². The lowest BCUT2D eigenvalue weighted by Crippen LogP contribution is -2.34. The molecule has 2 amide bonds. The first-order chi connectivity index (χ1) is 12.8. The number of hydrogen-bond acceptors (Lipinski definition) is 9. The molecule has 1 fully saturated rings. The van der Waals surface area contributed by atoms with E-state index < -0.39 is 40.0 Å². The van der Waals surface area contributed by atoms with Crippen LogP contribution in [0.4, 0.5) is 10.5 Å². The second-order valence-electron chi connectivity index (χ2n) is 5.15. The molecule has 0 aliphatic carbocycles. The summed E-state index contributed by atoms with van der Waals surface area (Å²) in [7, 11) is 0. The highest BCUT2D eigenvalue weighted by molar-refractivity contribution is 8.18. The first-order valence-electron chi connectivity index (χ1n) is 7.83. The van der Waals surface area contributed by atoms with Crippen molar-refractivity contribution in [1.29, 1.82) is 0 Å². The van der Waals surface area contributed by atoms with E-state index in [-0.39, 0.29) is 29.4 Å².